The van der Waals surface area contributed by atoms with Crippen LogP contribution in [0.2, 0.25) is 0 Å². The number of nitriles is 1. The molecule has 0 unspecified atom stereocenters. The van der Waals surface area contributed by atoms with Gasteiger partial charge in [0.15, 0.2) is 5.76 Å². The summed E-state index contributed by atoms with van der Waals surface area (Å²) in [4.78, 5) is 114. The fraction of sp³-hybridized carbons (Fsp3) is 0.589. The Kier molecular flexibility index (Phi) is 23.4. The number of carboxylic acids is 1. The maximum Gasteiger partial charge on any atom is 0.326 e. The number of hydrogen-bond donors (Lipinski definition) is 3. The Morgan fingerprint density at radius 3 is 2.09 bits per heavy atom. The fourth-order valence-electron chi connectivity index (χ4n) is 10.1. The minimum Gasteiger partial charge on any atom is -0.480 e. The van der Waals surface area contributed by atoms with Crippen molar-refractivity contribution in [3.63, 3.8) is 0 Å². The summed E-state index contributed by atoms with van der Waals surface area (Å²) >= 11 is 0. The van der Waals surface area contributed by atoms with Gasteiger partial charge < -0.3 is 44.7 Å². The van der Waals surface area contributed by atoms with E-state index in [1.54, 1.807) is 67.2 Å². The molecule has 2 aromatic carbocycles. The number of carbonyl (C=O) groups is 8. The molecular weight excluding hydrogens is 963 g/mol. The van der Waals surface area contributed by atoms with Crippen molar-refractivity contribution >= 4 is 47.3 Å². The molecule has 3 N–H and O–H groups in total. The predicted octanol–water partition coefficient (Wildman–Crippen LogP) is 5.11. The largest absolute Gasteiger partial charge is 0.480 e. The van der Waals surface area contributed by atoms with Crippen LogP contribution in [0.3, 0.4) is 0 Å². The van der Waals surface area contributed by atoms with Crippen LogP contribution in [-0.4, -0.2) is 156 Å². The van der Waals surface area contributed by atoms with E-state index < -0.39 is 83.8 Å². The summed E-state index contributed by atoms with van der Waals surface area (Å²) in [5.74, 6) is -5.67. The monoisotopic (exact) mass is 1040 g/mol. The lowest BCUT2D eigenvalue weighted by molar-refractivity contribution is -0.149. The van der Waals surface area contributed by atoms with Crippen LogP contribution >= 0.6 is 0 Å². The number of aliphatic carboxylic acids is 1. The second-order valence-corrected chi connectivity index (χ2v) is 20.5. The lowest BCUT2D eigenvalue weighted by Gasteiger charge is -2.41. The van der Waals surface area contributed by atoms with Crippen LogP contribution in [0.4, 0.5) is 0 Å². The number of carboxylic acid groups (broad SMARTS) is 1. The van der Waals surface area contributed by atoms with Crippen LogP contribution in [0.25, 0.3) is 0 Å². The highest BCUT2D eigenvalue weighted by atomic mass is 16.5. The number of hydrogen-bond acceptors (Lipinski definition) is 12. The minimum atomic E-state index is -1.17. The van der Waals surface area contributed by atoms with Crippen LogP contribution in [0.15, 0.2) is 66.4 Å². The standard InChI is InChI=1S/C56H79N7O12/c1-12-36(6)50(43(73-10)31-46(65)62-29-19-22-42(62)51(74-11)37(7)52(67)58-41(56(71)72)30-38-20-15-13-16-21-38)61(9)55(70)48(34(2)3)59-53(68)49(35(4)5)60(8)45(64)23-17-14-18-28-63-47(66)32-44(54(63)69)75-40-26-24-39(33-57)25-27-40/h13,15-16,20-21,24-27,32,34-37,41-43,48-51H,12,14,17-19,22-23,28-31H2,1-11H3,(H,58,67)(H,59,68)(H,71,72)/t36-,37-,41+,42+,43-,48+,49+,50+,51-/m1/s1. The van der Waals surface area contributed by atoms with Crippen LogP contribution < -0.4 is 15.4 Å². The smallest absolute Gasteiger partial charge is 0.326 e. The van der Waals surface area contributed by atoms with Crippen molar-refractivity contribution < 1.29 is 57.7 Å². The topological polar surface area (TPSA) is 245 Å². The Morgan fingerprint density at radius 1 is 0.853 bits per heavy atom. The molecule has 0 aliphatic carbocycles. The van der Waals surface area contributed by atoms with Gasteiger partial charge in [-0.3, -0.25) is 38.5 Å². The Hall–Kier alpha value is -6.65. The van der Waals surface area contributed by atoms with E-state index in [0.717, 1.165) is 16.5 Å². The number of imide groups is 1. The van der Waals surface area contributed by atoms with Gasteiger partial charge in [-0.1, -0.05) is 91.6 Å². The SMILES string of the molecule is CC[C@@H](C)[C@@H]([C@@H](CC(=O)N1CCC[C@H]1[C@H](OC)[C@@H](C)C(=O)N[C@@H](Cc1ccccc1)C(=O)O)OC)N(C)C(=O)[C@@H](NC(=O)[C@H](C(C)C)N(C)C(=O)CCCCCN1C(=O)C=C(Oc2ccc(C#N)cc2)C1=O)C(C)C. The van der Waals surface area contributed by atoms with Crippen LogP contribution in [0.1, 0.15) is 111 Å². The zero-order valence-corrected chi connectivity index (χ0v) is 45.6. The molecule has 410 valence electrons. The highest BCUT2D eigenvalue weighted by Crippen LogP contribution is 2.30. The number of rotatable bonds is 29. The van der Waals surface area contributed by atoms with Gasteiger partial charge in [0.1, 0.15) is 23.9 Å². The van der Waals surface area contributed by atoms with Crippen LogP contribution in [0.5, 0.6) is 5.75 Å². The number of unbranched alkanes of at least 4 members (excludes halogenated alkanes) is 2. The molecule has 9 atom stereocenters. The molecular formula is C56H79N7O12. The lowest BCUT2D eigenvalue weighted by Crippen LogP contribution is -2.60. The second-order valence-electron chi connectivity index (χ2n) is 20.5. The molecule has 0 aromatic heterocycles. The second kappa shape index (κ2) is 28.9. The van der Waals surface area contributed by atoms with E-state index in [-0.39, 0.29) is 61.1 Å². The van der Waals surface area contributed by atoms with Gasteiger partial charge >= 0.3 is 5.97 Å². The predicted molar refractivity (Wildman–Crippen MR) is 279 cm³/mol. The lowest BCUT2D eigenvalue weighted by atomic mass is 9.89. The zero-order valence-electron chi connectivity index (χ0n) is 45.6. The van der Waals surface area contributed by atoms with Gasteiger partial charge in [0.25, 0.3) is 11.8 Å². The van der Waals surface area contributed by atoms with E-state index in [1.807, 2.05) is 53.7 Å². The number of likely N-dealkylation sites (tertiary alicyclic amines) is 1. The summed E-state index contributed by atoms with van der Waals surface area (Å²) in [6.45, 7) is 13.4. The van der Waals surface area contributed by atoms with Gasteiger partial charge in [0.05, 0.1) is 54.3 Å². The highest BCUT2D eigenvalue weighted by molar-refractivity contribution is 6.15. The molecule has 19 nitrogen and oxygen atoms in total. The molecule has 1 fully saturated rings. The summed E-state index contributed by atoms with van der Waals surface area (Å²) < 4.78 is 17.5. The van der Waals surface area contributed by atoms with Crippen molar-refractivity contribution in [2.45, 2.75) is 149 Å². The number of amides is 7. The third-order valence-corrected chi connectivity index (χ3v) is 14.6. The summed E-state index contributed by atoms with van der Waals surface area (Å²) in [5, 5.41) is 24.6. The van der Waals surface area contributed by atoms with E-state index >= 15 is 0 Å². The zero-order chi connectivity index (χ0) is 55.7. The Labute approximate surface area is 442 Å². The van der Waals surface area contributed by atoms with Gasteiger partial charge in [-0.25, -0.2) is 4.79 Å². The van der Waals surface area contributed by atoms with Crippen molar-refractivity contribution in [1.29, 1.82) is 5.26 Å². The third kappa shape index (κ3) is 16.2. The molecule has 2 aliphatic heterocycles. The molecule has 75 heavy (non-hydrogen) atoms. The van der Waals surface area contributed by atoms with Crippen molar-refractivity contribution in [3.8, 4) is 11.8 Å². The third-order valence-electron chi connectivity index (χ3n) is 14.6. The normalized spacial score (nSPS) is 17.8. The molecule has 2 heterocycles. The first-order valence-electron chi connectivity index (χ1n) is 26.1. The molecule has 4 rings (SSSR count). The summed E-state index contributed by atoms with van der Waals surface area (Å²) in [7, 11) is 6.17. The number of benzene rings is 2. The van der Waals surface area contributed by atoms with Gasteiger partial charge in [-0.05, 0) is 73.3 Å². The minimum absolute atomic E-state index is 0.0938. The number of methoxy groups -OCH3 is 2. The number of ether oxygens (including phenoxy) is 3. The molecule has 2 aliphatic rings. The average molecular weight is 1040 g/mol. The summed E-state index contributed by atoms with van der Waals surface area (Å²) in [6.07, 6.45) is 2.92. The molecule has 0 saturated carbocycles. The molecule has 0 spiro atoms. The van der Waals surface area contributed by atoms with E-state index in [2.05, 4.69) is 10.6 Å². The first kappa shape index (κ1) is 60.9. The van der Waals surface area contributed by atoms with Crippen molar-refractivity contribution in [1.82, 2.24) is 30.2 Å². The van der Waals surface area contributed by atoms with Crippen molar-refractivity contribution in [2.24, 2.45) is 23.7 Å². The number of likely N-dealkylation sites (N-methyl/N-ethyl adjacent to an activating group) is 2. The average Bonchev–Trinajstić information content (AvgIpc) is 3.97. The van der Waals surface area contributed by atoms with Crippen molar-refractivity contribution in [3.05, 3.63) is 77.6 Å². The fourth-order valence-corrected chi connectivity index (χ4v) is 10.1. The van der Waals surface area contributed by atoms with E-state index in [0.29, 0.717) is 56.4 Å². The van der Waals surface area contributed by atoms with E-state index in [9.17, 15) is 43.5 Å². The molecule has 0 bridgehead atoms. The van der Waals surface area contributed by atoms with E-state index in [1.165, 1.54) is 31.3 Å². The molecule has 19 heteroatoms. The van der Waals surface area contributed by atoms with Crippen LogP contribution in [-0.2, 0) is 54.3 Å². The highest BCUT2D eigenvalue weighted by Gasteiger charge is 2.44. The maximum atomic E-state index is 14.7. The van der Waals surface area contributed by atoms with Crippen molar-refractivity contribution in [2.75, 3.05) is 41.4 Å². The van der Waals surface area contributed by atoms with Gasteiger partial charge in [0.2, 0.25) is 29.5 Å². The first-order valence-corrected chi connectivity index (χ1v) is 26.1. The number of carbonyl (C=O) groups excluding carboxylic acids is 7. The van der Waals surface area contributed by atoms with Crippen LogP contribution in [0, 0.1) is 35.0 Å². The number of nitrogens with one attached hydrogen (secondary N) is 2. The Morgan fingerprint density at radius 2 is 1.52 bits per heavy atom. The summed E-state index contributed by atoms with van der Waals surface area (Å²) in [5.41, 5.74) is 1.18. The van der Waals surface area contributed by atoms with Gasteiger partial charge in [-0.15, -0.1) is 0 Å². The summed E-state index contributed by atoms with van der Waals surface area (Å²) in [6, 6.07) is 13.0. The molecule has 7 amide bonds. The van der Waals surface area contributed by atoms with Gasteiger partial charge in [0, 0.05) is 54.2 Å². The van der Waals surface area contributed by atoms with Gasteiger partial charge in [-0.2, -0.15) is 5.26 Å². The molecule has 1 saturated heterocycles. The maximum absolute atomic E-state index is 14.7. The Balaban J connectivity index is 1.36. The molecule has 2 aromatic rings. The van der Waals surface area contributed by atoms with E-state index in [4.69, 9.17) is 19.5 Å². The quantitative estimate of drug-likeness (QED) is 0.0710. The molecule has 0 radical (unpaired) electrons. The Bertz CT molecular complexity index is 2370. The number of nitrogens with zero attached hydrogens (tertiary/aromatic N) is 5. The first-order chi connectivity index (χ1) is 35.6.